The number of hydrogen-bond donors (Lipinski definition) is 2. The molecular weight excluding hydrogens is 216 g/mol. The fourth-order valence-electron chi connectivity index (χ4n) is 2.09. The molecule has 1 aliphatic rings. The van der Waals surface area contributed by atoms with Gasteiger partial charge in [0, 0.05) is 19.6 Å². The first-order chi connectivity index (χ1) is 8.33. The molecule has 1 saturated heterocycles. The van der Waals surface area contributed by atoms with Gasteiger partial charge >= 0.3 is 0 Å². The van der Waals surface area contributed by atoms with Crippen LogP contribution in [0.1, 0.15) is 39.0 Å². The summed E-state index contributed by atoms with van der Waals surface area (Å²) in [7, 11) is 0. The van der Waals surface area contributed by atoms with E-state index in [2.05, 4.69) is 17.6 Å². The van der Waals surface area contributed by atoms with E-state index < -0.39 is 0 Å². The van der Waals surface area contributed by atoms with Crippen LogP contribution in [0.3, 0.4) is 0 Å². The second kappa shape index (κ2) is 9.42. The molecule has 1 rings (SSSR count). The quantitative estimate of drug-likeness (QED) is 0.631. The Morgan fingerprint density at radius 1 is 1.47 bits per heavy atom. The lowest BCUT2D eigenvalue weighted by atomic mass is 9.96. The van der Waals surface area contributed by atoms with Crippen LogP contribution in [0.15, 0.2) is 0 Å². The summed E-state index contributed by atoms with van der Waals surface area (Å²) in [4.78, 5) is 11.4. The van der Waals surface area contributed by atoms with Crippen molar-refractivity contribution < 1.29 is 9.53 Å². The zero-order chi connectivity index (χ0) is 12.3. The Labute approximate surface area is 104 Å². The smallest absolute Gasteiger partial charge is 0.222 e. The molecule has 0 saturated carbocycles. The molecule has 1 amide bonds. The Hall–Kier alpha value is -0.610. The third-order valence-electron chi connectivity index (χ3n) is 3.10. The highest BCUT2D eigenvalue weighted by molar-refractivity contribution is 5.75. The van der Waals surface area contributed by atoms with Crippen LogP contribution < -0.4 is 10.6 Å². The highest BCUT2D eigenvalue weighted by Gasteiger charge is 2.12. The van der Waals surface area contributed by atoms with E-state index in [0.29, 0.717) is 13.0 Å². The third-order valence-corrected chi connectivity index (χ3v) is 3.10. The SMILES string of the molecule is CCCOCCC(=O)NCCC1CCCNC1. The number of amides is 1. The molecule has 1 fully saturated rings. The molecule has 0 aliphatic carbocycles. The van der Waals surface area contributed by atoms with Crippen LogP contribution in [0.2, 0.25) is 0 Å². The number of carbonyl (C=O) groups is 1. The van der Waals surface area contributed by atoms with Crippen LogP contribution in [0, 0.1) is 5.92 Å². The molecule has 0 bridgehead atoms. The lowest BCUT2D eigenvalue weighted by Crippen LogP contribution is -2.33. The standard InChI is InChI=1S/C13H26N2O2/c1-2-9-17-10-6-13(16)15-8-5-12-4-3-7-14-11-12/h12,14H,2-11H2,1H3,(H,15,16). The molecule has 0 radical (unpaired) electrons. The molecule has 4 nitrogen and oxygen atoms in total. The van der Waals surface area contributed by atoms with Crippen molar-refractivity contribution >= 4 is 5.91 Å². The number of carbonyl (C=O) groups excluding carboxylic acids is 1. The van der Waals surface area contributed by atoms with Crippen LogP contribution in [0.5, 0.6) is 0 Å². The summed E-state index contributed by atoms with van der Waals surface area (Å²) in [5.74, 6) is 0.852. The van der Waals surface area contributed by atoms with Crippen molar-refractivity contribution in [1.29, 1.82) is 0 Å². The number of piperidine rings is 1. The van der Waals surface area contributed by atoms with Gasteiger partial charge in [0.05, 0.1) is 6.61 Å². The molecule has 17 heavy (non-hydrogen) atoms. The van der Waals surface area contributed by atoms with Crippen molar-refractivity contribution in [2.75, 3.05) is 32.8 Å². The first-order valence-electron chi connectivity index (χ1n) is 6.88. The monoisotopic (exact) mass is 242 g/mol. The van der Waals surface area contributed by atoms with Crippen molar-refractivity contribution in [3.8, 4) is 0 Å². The van der Waals surface area contributed by atoms with E-state index in [9.17, 15) is 4.79 Å². The van der Waals surface area contributed by atoms with Gasteiger partial charge in [0.1, 0.15) is 0 Å². The zero-order valence-corrected chi connectivity index (χ0v) is 11.0. The maximum atomic E-state index is 11.4. The molecule has 1 aliphatic heterocycles. The lowest BCUT2D eigenvalue weighted by molar-refractivity contribution is -0.122. The molecule has 0 aromatic carbocycles. The average molecular weight is 242 g/mol. The summed E-state index contributed by atoms with van der Waals surface area (Å²) >= 11 is 0. The van der Waals surface area contributed by atoms with Gasteiger partial charge in [0.2, 0.25) is 5.91 Å². The second-order valence-electron chi connectivity index (χ2n) is 4.71. The van der Waals surface area contributed by atoms with Gasteiger partial charge in [0.15, 0.2) is 0 Å². The van der Waals surface area contributed by atoms with Crippen molar-refractivity contribution in [3.05, 3.63) is 0 Å². The van der Waals surface area contributed by atoms with Gasteiger partial charge in [-0.2, -0.15) is 0 Å². The van der Waals surface area contributed by atoms with Crippen molar-refractivity contribution in [2.24, 2.45) is 5.92 Å². The van der Waals surface area contributed by atoms with E-state index in [1.807, 2.05) is 0 Å². The number of nitrogens with one attached hydrogen (secondary N) is 2. The van der Waals surface area contributed by atoms with E-state index in [-0.39, 0.29) is 5.91 Å². The number of rotatable bonds is 8. The highest BCUT2D eigenvalue weighted by atomic mass is 16.5. The van der Waals surface area contributed by atoms with Gasteiger partial charge in [-0.05, 0) is 44.7 Å². The Morgan fingerprint density at radius 3 is 3.06 bits per heavy atom. The van der Waals surface area contributed by atoms with Gasteiger partial charge in [-0.25, -0.2) is 0 Å². The summed E-state index contributed by atoms with van der Waals surface area (Å²) in [5, 5.41) is 6.35. The summed E-state index contributed by atoms with van der Waals surface area (Å²) in [5.41, 5.74) is 0. The van der Waals surface area contributed by atoms with Crippen molar-refractivity contribution in [2.45, 2.75) is 39.0 Å². The first kappa shape index (κ1) is 14.5. The molecular formula is C13H26N2O2. The van der Waals surface area contributed by atoms with Crippen LogP contribution in [0.25, 0.3) is 0 Å². The number of ether oxygens (including phenoxy) is 1. The van der Waals surface area contributed by atoms with E-state index >= 15 is 0 Å². The Morgan fingerprint density at radius 2 is 2.35 bits per heavy atom. The zero-order valence-electron chi connectivity index (χ0n) is 11.0. The van der Waals surface area contributed by atoms with E-state index in [1.54, 1.807) is 0 Å². The fraction of sp³-hybridized carbons (Fsp3) is 0.923. The molecule has 0 aromatic heterocycles. The fourth-order valence-corrected chi connectivity index (χ4v) is 2.09. The summed E-state index contributed by atoms with van der Waals surface area (Å²) in [6.07, 6.45) is 5.15. The molecule has 0 spiro atoms. The third kappa shape index (κ3) is 7.34. The largest absolute Gasteiger partial charge is 0.381 e. The van der Waals surface area contributed by atoms with E-state index in [4.69, 9.17) is 4.74 Å². The topological polar surface area (TPSA) is 50.4 Å². The predicted molar refractivity (Wildman–Crippen MR) is 68.9 cm³/mol. The molecule has 4 heteroatoms. The second-order valence-corrected chi connectivity index (χ2v) is 4.71. The van der Waals surface area contributed by atoms with Gasteiger partial charge < -0.3 is 15.4 Å². The van der Waals surface area contributed by atoms with E-state index in [0.717, 1.165) is 45.0 Å². The van der Waals surface area contributed by atoms with Crippen LogP contribution in [0.4, 0.5) is 0 Å². The molecule has 1 heterocycles. The molecule has 100 valence electrons. The van der Waals surface area contributed by atoms with Crippen LogP contribution in [-0.2, 0) is 9.53 Å². The Kier molecular flexibility index (Phi) is 8.01. The minimum absolute atomic E-state index is 0.116. The minimum atomic E-state index is 0.116. The van der Waals surface area contributed by atoms with Crippen molar-refractivity contribution in [3.63, 3.8) is 0 Å². The maximum Gasteiger partial charge on any atom is 0.222 e. The Bertz CT molecular complexity index is 204. The first-order valence-corrected chi connectivity index (χ1v) is 6.88. The minimum Gasteiger partial charge on any atom is -0.381 e. The van der Waals surface area contributed by atoms with Crippen LogP contribution in [-0.4, -0.2) is 38.8 Å². The maximum absolute atomic E-state index is 11.4. The van der Waals surface area contributed by atoms with E-state index in [1.165, 1.54) is 12.8 Å². The summed E-state index contributed by atoms with van der Waals surface area (Å²) in [6, 6.07) is 0. The molecule has 0 aromatic rings. The van der Waals surface area contributed by atoms with Crippen LogP contribution >= 0.6 is 0 Å². The number of hydrogen-bond acceptors (Lipinski definition) is 3. The lowest BCUT2D eigenvalue weighted by Gasteiger charge is -2.22. The van der Waals surface area contributed by atoms with Gasteiger partial charge in [0.25, 0.3) is 0 Å². The van der Waals surface area contributed by atoms with Gasteiger partial charge in [-0.1, -0.05) is 6.92 Å². The van der Waals surface area contributed by atoms with Gasteiger partial charge in [-0.3, -0.25) is 4.79 Å². The summed E-state index contributed by atoms with van der Waals surface area (Å²) < 4.78 is 5.28. The normalized spacial score (nSPS) is 20.2. The molecule has 2 N–H and O–H groups in total. The highest BCUT2D eigenvalue weighted by Crippen LogP contribution is 2.12. The predicted octanol–water partition coefficient (Wildman–Crippen LogP) is 1.31. The Balaban J connectivity index is 1.92. The molecule has 1 unspecified atom stereocenters. The summed E-state index contributed by atoms with van der Waals surface area (Å²) in [6.45, 7) is 6.43. The average Bonchev–Trinajstić information content (AvgIpc) is 2.36. The van der Waals surface area contributed by atoms with Crippen molar-refractivity contribution in [1.82, 2.24) is 10.6 Å². The molecule has 1 atom stereocenters. The van der Waals surface area contributed by atoms with Gasteiger partial charge in [-0.15, -0.1) is 0 Å².